The van der Waals surface area contributed by atoms with Gasteiger partial charge in [-0.3, -0.25) is 14.6 Å². The van der Waals surface area contributed by atoms with Gasteiger partial charge in [-0.25, -0.2) is 4.99 Å². The molecule has 1 atom stereocenters. The molecule has 2 aromatic rings. The number of aromatic amines is 1. The molecule has 23 heavy (non-hydrogen) atoms. The number of nitrogens with zero attached hydrogens (tertiary/aromatic N) is 2. The number of rotatable bonds is 2. The lowest BCUT2D eigenvalue weighted by molar-refractivity contribution is 0.468. The van der Waals surface area contributed by atoms with Crippen molar-refractivity contribution >= 4 is 22.6 Å². The van der Waals surface area contributed by atoms with Gasteiger partial charge in [0.1, 0.15) is 5.75 Å². The normalized spacial score (nSPS) is 21.3. The Kier molecular flexibility index (Phi) is 3.56. The summed E-state index contributed by atoms with van der Waals surface area (Å²) in [4.78, 5) is 17.3. The highest BCUT2D eigenvalue weighted by Gasteiger charge is 2.32. The molecule has 1 aliphatic carbocycles. The molecule has 2 N–H and O–H groups in total. The number of H-pyrrole nitrogens is 1. The second kappa shape index (κ2) is 5.60. The predicted octanol–water partition coefficient (Wildman–Crippen LogP) is 3.88. The maximum atomic E-state index is 12.6. The summed E-state index contributed by atoms with van der Waals surface area (Å²) >= 11 is 1.57. The van der Waals surface area contributed by atoms with Crippen LogP contribution in [0.3, 0.4) is 0 Å². The van der Waals surface area contributed by atoms with Crippen LogP contribution in [0.1, 0.15) is 55.0 Å². The molecule has 0 spiro atoms. The Morgan fingerprint density at radius 2 is 2.13 bits per heavy atom. The van der Waals surface area contributed by atoms with Gasteiger partial charge in [-0.05, 0) is 37.5 Å². The van der Waals surface area contributed by atoms with Crippen LogP contribution in [-0.4, -0.2) is 19.9 Å². The SMILES string of the molecule is CC1=Nc2c(c(=O)[nH]n2C2CCCC2)[C@@H](c2cccc(O)c2)S1. The zero-order valence-corrected chi connectivity index (χ0v) is 13.8. The van der Waals surface area contributed by atoms with E-state index in [9.17, 15) is 9.90 Å². The van der Waals surface area contributed by atoms with E-state index in [0.717, 1.165) is 29.3 Å². The average molecular weight is 329 g/mol. The number of phenols is 1. The maximum absolute atomic E-state index is 12.6. The van der Waals surface area contributed by atoms with Gasteiger partial charge in [0.2, 0.25) is 0 Å². The molecule has 4 rings (SSSR count). The minimum atomic E-state index is -0.124. The molecule has 1 aliphatic heterocycles. The second-order valence-corrected chi connectivity index (χ2v) is 7.51. The Labute approximate surface area is 138 Å². The van der Waals surface area contributed by atoms with Crippen molar-refractivity contribution in [1.82, 2.24) is 9.78 Å². The van der Waals surface area contributed by atoms with Crippen LogP contribution in [0, 0.1) is 0 Å². The van der Waals surface area contributed by atoms with Gasteiger partial charge in [0.05, 0.1) is 21.9 Å². The molecule has 2 heterocycles. The zero-order chi connectivity index (χ0) is 16.0. The van der Waals surface area contributed by atoms with Crippen molar-refractivity contribution in [2.45, 2.75) is 43.9 Å². The predicted molar refractivity (Wildman–Crippen MR) is 92.9 cm³/mol. The van der Waals surface area contributed by atoms with E-state index in [1.54, 1.807) is 23.9 Å². The quantitative estimate of drug-likeness (QED) is 0.878. The summed E-state index contributed by atoms with van der Waals surface area (Å²) in [5.74, 6) is 0.989. The molecule has 0 bridgehead atoms. The molecule has 2 aliphatic rings. The molecule has 0 unspecified atom stereocenters. The van der Waals surface area contributed by atoms with Crippen LogP contribution in [0.5, 0.6) is 5.75 Å². The molecule has 1 fully saturated rings. The van der Waals surface area contributed by atoms with Crippen molar-refractivity contribution < 1.29 is 5.11 Å². The van der Waals surface area contributed by atoms with Crippen molar-refractivity contribution in [1.29, 1.82) is 0 Å². The fourth-order valence-electron chi connectivity index (χ4n) is 3.56. The first-order chi connectivity index (χ1) is 11.1. The monoisotopic (exact) mass is 329 g/mol. The number of thioether (sulfide) groups is 1. The summed E-state index contributed by atoms with van der Waals surface area (Å²) in [5.41, 5.74) is 1.57. The number of hydrogen-bond donors (Lipinski definition) is 2. The molecular formula is C17H19N3O2S. The highest BCUT2D eigenvalue weighted by atomic mass is 32.2. The largest absolute Gasteiger partial charge is 0.508 e. The molecule has 120 valence electrons. The van der Waals surface area contributed by atoms with Crippen LogP contribution in [0.15, 0.2) is 34.1 Å². The van der Waals surface area contributed by atoms with E-state index >= 15 is 0 Å². The molecule has 0 radical (unpaired) electrons. The van der Waals surface area contributed by atoms with E-state index in [2.05, 4.69) is 10.1 Å². The van der Waals surface area contributed by atoms with Crippen molar-refractivity contribution in [3.8, 4) is 5.75 Å². The summed E-state index contributed by atoms with van der Waals surface area (Å²) < 4.78 is 1.98. The number of hydrogen-bond acceptors (Lipinski definition) is 4. The van der Waals surface area contributed by atoms with Gasteiger partial charge in [-0.1, -0.05) is 36.7 Å². The van der Waals surface area contributed by atoms with Crippen LogP contribution in [-0.2, 0) is 0 Å². The summed E-state index contributed by atoms with van der Waals surface area (Å²) in [6.45, 7) is 1.97. The Balaban J connectivity index is 1.85. The van der Waals surface area contributed by atoms with Gasteiger partial charge in [0.25, 0.3) is 5.56 Å². The fraction of sp³-hybridized carbons (Fsp3) is 0.412. The van der Waals surface area contributed by atoms with Crippen LogP contribution >= 0.6 is 11.8 Å². The summed E-state index contributed by atoms with van der Waals surface area (Å²) in [6, 6.07) is 7.48. The minimum Gasteiger partial charge on any atom is -0.508 e. The van der Waals surface area contributed by atoms with Gasteiger partial charge in [0, 0.05) is 0 Å². The smallest absolute Gasteiger partial charge is 0.271 e. The molecule has 1 aromatic heterocycles. The van der Waals surface area contributed by atoms with Crippen molar-refractivity contribution in [3.63, 3.8) is 0 Å². The summed E-state index contributed by atoms with van der Waals surface area (Å²) in [5, 5.41) is 13.6. The molecule has 5 nitrogen and oxygen atoms in total. The topological polar surface area (TPSA) is 70.4 Å². The second-order valence-electron chi connectivity index (χ2n) is 6.21. The maximum Gasteiger partial charge on any atom is 0.271 e. The van der Waals surface area contributed by atoms with Gasteiger partial charge in [-0.15, -0.1) is 0 Å². The van der Waals surface area contributed by atoms with Crippen molar-refractivity contribution in [3.05, 3.63) is 45.7 Å². The highest BCUT2D eigenvalue weighted by Crippen LogP contribution is 2.45. The van der Waals surface area contributed by atoms with Gasteiger partial charge in [-0.2, -0.15) is 0 Å². The number of phenolic OH excluding ortho intramolecular Hbond substituents is 1. The molecular weight excluding hydrogens is 310 g/mol. The first-order valence-corrected chi connectivity index (χ1v) is 8.87. The van der Waals surface area contributed by atoms with E-state index < -0.39 is 0 Å². The number of aromatic hydroxyl groups is 1. The van der Waals surface area contributed by atoms with E-state index in [1.807, 2.05) is 23.7 Å². The van der Waals surface area contributed by atoms with Gasteiger partial charge >= 0.3 is 0 Å². The van der Waals surface area contributed by atoms with E-state index in [4.69, 9.17) is 0 Å². The first kappa shape index (κ1) is 14.6. The third-order valence-corrected chi connectivity index (χ3v) is 5.79. The molecule has 6 heteroatoms. The third-order valence-electron chi connectivity index (χ3n) is 4.61. The molecule has 1 saturated carbocycles. The number of nitrogens with one attached hydrogen (secondary N) is 1. The highest BCUT2D eigenvalue weighted by molar-refractivity contribution is 8.14. The minimum absolute atomic E-state index is 0.0657. The van der Waals surface area contributed by atoms with Crippen LogP contribution in [0.4, 0.5) is 5.82 Å². The van der Waals surface area contributed by atoms with Crippen LogP contribution in [0.25, 0.3) is 0 Å². The summed E-state index contributed by atoms with van der Waals surface area (Å²) in [6.07, 6.45) is 4.59. The first-order valence-electron chi connectivity index (χ1n) is 7.99. The number of fused-ring (bicyclic) bond motifs is 1. The molecule has 1 aromatic carbocycles. The number of benzene rings is 1. The van der Waals surface area contributed by atoms with E-state index in [1.165, 1.54) is 12.8 Å². The van der Waals surface area contributed by atoms with Crippen LogP contribution < -0.4 is 5.56 Å². The van der Waals surface area contributed by atoms with Crippen molar-refractivity contribution in [2.75, 3.05) is 0 Å². The Morgan fingerprint density at radius 1 is 1.35 bits per heavy atom. The van der Waals surface area contributed by atoms with E-state index in [-0.39, 0.29) is 16.6 Å². The standard InChI is InChI=1S/C17H19N3O2S/c1-10-18-16-14(15(23-10)11-5-4-8-13(21)9-11)17(22)19-20(16)12-6-2-3-7-12/h4-5,8-9,12,15,21H,2-3,6-7H2,1H3,(H,19,22)/t15-/m1/s1. The Morgan fingerprint density at radius 3 is 2.87 bits per heavy atom. The Hall–Kier alpha value is -1.95. The number of aromatic nitrogens is 2. The lowest BCUT2D eigenvalue weighted by Crippen LogP contribution is -2.13. The van der Waals surface area contributed by atoms with E-state index in [0.29, 0.717) is 11.6 Å². The lowest BCUT2D eigenvalue weighted by Gasteiger charge is -2.22. The summed E-state index contributed by atoms with van der Waals surface area (Å²) in [7, 11) is 0. The number of aliphatic imine (C=N–C) groups is 1. The zero-order valence-electron chi connectivity index (χ0n) is 13.0. The van der Waals surface area contributed by atoms with Crippen molar-refractivity contribution in [2.24, 2.45) is 4.99 Å². The fourth-order valence-corrected chi connectivity index (χ4v) is 4.65. The third kappa shape index (κ3) is 2.51. The van der Waals surface area contributed by atoms with Crippen LogP contribution in [0.2, 0.25) is 0 Å². The Bertz CT molecular complexity index is 831. The molecule has 0 amide bonds. The lowest BCUT2D eigenvalue weighted by atomic mass is 10.1. The van der Waals surface area contributed by atoms with Gasteiger partial charge < -0.3 is 5.11 Å². The van der Waals surface area contributed by atoms with Gasteiger partial charge in [0.15, 0.2) is 5.82 Å². The average Bonchev–Trinajstić information content (AvgIpc) is 3.15. The molecule has 0 saturated heterocycles.